The van der Waals surface area contributed by atoms with Crippen molar-refractivity contribution in [1.82, 2.24) is 9.62 Å². The molecule has 5 nitrogen and oxygen atoms in total. The molecule has 20 heavy (non-hydrogen) atoms. The van der Waals surface area contributed by atoms with E-state index in [9.17, 15) is 8.42 Å². The highest BCUT2D eigenvalue weighted by molar-refractivity contribution is 7.89. The van der Waals surface area contributed by atoms with E-state index >= 15 is 0 Å². The first-order valence-electron chi connectivity index (χ1n) is 7.00. The molecule has 0 radical (unpaired) electrons. The third-order valence-electron chi connectivity index (χ3n) is 3.90. The third-order valence-corrected chi connectivity index (χ3v) is 5.33. The molecule has 6 heteroatoms. The van der Waals surface area contributed by atoms with Crippen LogP contribution in [0.4, 0.5) is 5.69 Å². The molecule has 0 saturated carbocycles. The van der Waals surface area contributed by atoms with Gasteiger partial charge in [0.1, 0.15) is 0 Å². The maximum Gasteiger partial charge on any atom is 0.240 e. The van der Waals surface area contributed by atoms with Crippen molar-refractivity contribution in [3.05, 3.63) is 24.3 Å². The number of nitrogens with one attached hydrogen (secondary N) is 2. The molecule has 1 heterocycles. The van der Waals surface area contributed by atoms with Crippen molar-refractivity contribution in [2.75, 3.05) is 32.5 Å². The monoisotopic (exact) mass is 297 g/mol. The highest BCUT2D eigenvalue weighted by Crippen LogP contribution is 2.17. The van der Waals surface area contributed by atoms with Gasteiger partial charge in [-0.05, 0) is 57.7 Å². The molecular formula is C14H23N3O2S. The van der Waals surface area contributed by atoms with E-state index in [1.807, 2.05) is 12.1 Å². The summed E-state index contributed by atoms with van der Waals surface area (Å²) in [4.78, 5) is 2.68. The molecule has 1 aromatic rings. The lowest BCUT2D eigenvalue weighted by atomic mass is 10.0. The maximum absolute atomic E-state index is 11.6. The number of piperidine rings is 1. The van der Waals surface area contributed by atoms with Crippen molar-refractivity contribution < 1.29 is 8.42 Å². The summed E-state index contributed by atoms with van der Waals surface area (Å²) in [6.07, 6.45) is 3.79. The smallest absolute Gasteiger partial charge is 0.240 e. The Hall–Kier alpha value is -1.11. The Morgan fingerprint density at radius 1 is 1.25 bits per heavy atom. The Labute approximate surface area is 121 Å². The summed E-state index contributed by atoms with van der Waals surface area (Å²) >= 11 is 0. The van der Waals surface area contributed by atoms with Gasteiger partial charge in [0, 0.05) is 18.3 Å². The van der Waals surface area contributed by atoms with Crippen molar-refractivity contribution in [3.8, 4) is 0 Å². The molecule has 2 rings (SSSR count). The number of benzene rings is 1. The lowest BCUT2D eigenvalue weighted by molar-refractivity contribution is 0.194. The molecule has 1 aliphatic heterocycles. The largest absolute Gasteiger partial charge is 0.383 e. The fourth-order valence-electron chi connectivity index (χ4n) is 2.51. The Bertz CT molecular complexity index is 528. The van der Waals surface area contributed by atoms with Gasteiger partial charge in [-0.2, -0.15) is 0 Å². The van der Waals surface area contributed by atoms with Crippen LogP contribution in [0.3, 0.4) is 0 Å². The molecule has 2 N–H and O–H groups in total. The molecule has 0 amide bonds. The summed E-state index contributed by atoms with van der Waals surface area (Å²) in [6, 6.07) is 7.43. The van der Waals surface area contributed by atoms with Gasteiger partial charge >= 0.3 is 0 Å². The van der Waals surface area contributed by atoms with Crippen molar-refractivity contribution in [2.45, 2.75) is 30.2 Å². The van der Waals surface area contributed by atoms with Gasteiger partial charge in [0.25, 0.3) is 0 Å². The van der Waals surface area contributed by atoms with Gasteiger partial charge in [-0.15, -0.1) is 0 Å². The summed E-state index contributed by atoms with van der Waals surface area (Å²) in [7, 11) is 0.233. The van der Waals surface area contributed by atoms with Crippen LogP contribution in [-0.2, 0) is 10.0 Å². The van der Waals surface area contributed by atoms with E-state index in [4.69, 9.17) is 0 Å². The van der Waals surface area contributed by atoms with Crippen LogP contribution >= 0.6 is 0 Å². The fourth-order valence-corrected chi connectivity index (χ4v) is 3.24. The fraction of sp³-hybridized carbons (Fsp3) is 0.571. The average molecular weight is 297 g/mol. The standard InChI is InChI=1S/C14H23N3O2S/c1-15-20(18,19)14-8-6-12(7-9-14)16-11-13-5-3-4-10-17(13)2/h6-9,13,15-16H,3-5,10-11H2,1-2H3. The van der Waals surface area contributed by atoms with Crippen molar-refractivity contribution in [3.63, 3.8) is 0 Å². The quantitative estimate of drug-likeness (QED) is 0.864. The van der Waals surface area contributed by atoms with Crippen molar-refractivity contribution in [2.24, 2.45) is 0 Å². The minimum Gasteiger partial charge on any atom is -0.383 e. The van der Waals surface area contributed by atoms with Gasteiger partial charge in [-0.3, -0.25) is 0 Å². The van der Waals surface area contributed by atoms with Crippen LogP contribution in [0.2, 0.25) is 0 Å². The molecule has 1 fully saturated rings. The van der Waals surface area contributed by atoms with Gasteiger partial charge in [0.05, 0.1) is 4.90 Å². The van der Waals surface area contributed by atoms with E-state index in [1.165, 1.54) is 26.3 Å². The van der Waals surface area contributed by atoms with E-state index in [1.54, 1.807) is 12.1 Å². The number of rotatable bonds is 5. The average Bonchev–Trinajstić information content (AvgIpc) is 2.47. The van der Waals surface area contributed by atoms with Crippen molar-refractivity contribution in [1.29, 1.82) is 0 Å². The maximum atomic E-state index is 11.6. The van der Waals surface area contributed by atoms with Crippen LogP contribution < -0.4 is 10.0 Å². The Morgan fingerprint density at radius 2 is 1.95 bits per heavy atom. The van der Waals surface area contributed by atoms with E-state index < -0.39 is 10.0 Å². The lowest BCUT2D eigenvalue weighted by Gasteiger charge is -2.32. The van der Waals surface area contributed by atoms with Crippen LogP contribution in [0.1, 0.15) is 19.3 Å². The minimum absolute atomic E-state index is 0.292. The predicted molar refractivity (Wildman–Crippen MR) is 81.4 cm³/mol. The number of hydrogen-bond donors (Lipinski definition) is 2. The molecule has 1 aliphatic rings. The molecule has 0 aliphatic carbocycles. The molecular weight excluding hydrogens is 274 g/mol. The Morgan fingerprint density at radius 3 is 2.55 bits per heavy atom. The van der Waals surface area contributed by atoms with Crippen LogP contribution in [0.5, 0.6) is 0 Å². The predicted octanol–water partition coefficient (Wildman–Crippen LogP) is 1.49. The first-order chi connectivity index (χ1) is 9.53. The SMILES string of the molecule is CNS(=O)(=O)c1ccc(NCC2CCCCN2C)cc1. The van der Waals surface area contributed by atoms with Crippen LogP contribution in [0.15, 0.2) is 29.2 Å². The summed E-state index contributed by atoms with van der Waals surface area (Å²) < 4.78 is 25.6. The molecule has 1 unspecified atom stereocenters. The van der Waals surface area contributed by atoms with E-state index in [0.717, 1.165) is 18.8 Å². The van der Waals surface area contributed by atoms with Crippen molar-refractivity contribution >= 4 is 15.7 Å². The highest BCUT2D eigenvalue weighted by Gasteiger charge is 2.18. The van der Waals surface area contributed by atoms with Gasteiger partial charge < -0.3 is 10.2 Å². The highest BCUT2D eigenvalue weighted by atomic mass is 32.2. The Balaban J connectivity index is 1.94. The number of anilines is 1. The molecule has 1 saturated heterocycles. The minimum atomic E-state index is -3.35. The molecule has 1 atom stereocenters. The number of nitrogens with zero attached hydrogens (tertiary/aromatic N) is 1. The van der Waals surface area contributed by atoms with E-state index in [-0.39, 0.29) is 0 Å². The number of likely N-dealkylation sites (tertiary alicyclic amines) is 1. The number of sulfonamides is 1. The zero-order valence-corrected chi connectivity index (χ0v) is 12.9. The van der Waals surface area contributed by atoms with Gasteiger partial charge in [0.15, 0.2) is 0 Å². The molecule has 1 aromatic carbocycles. The first kappa shape index (κ1) is 15.3. The molecule has 112 valence electrons. The lowest BCUT2D eigenvalue weighted by Crippen LogP contribution is -2.40. The molecule has 0 bridgehead atoms. The number of likely N-dealkylation sites (N-methyl/N-ethyl adjacent to an activating group) is 1. The third kappa shape index (κ3) is 3.71. The van der Waals surface area contributed by atoms with Gasteiger partial charge in [-0.25, -0.2) is 13.1 Å². The second-order valence-electron chi connectivity index (χ2n) is 5.24. The van der Waals surface area contributed by atoms with Gasteiger partial charge in [0.2, 0.25) is 10.0 Å². The van der Waals surface area contributed by atoms with E-state index in [0.29, 0.717) is 10.9 Å². The second kappa shape index (κ2) is 6.56. The summed E-state index contributed by atoms with van der Waals surface area (Å²) in [5.41, 5.74) is 0.957. The topological polar surface area (TPSA) is 61.4 Å². The first-order valence-corrected chi connectivity index (χ1v) is 8.49. The van der Waals surface area contributed by atoms with E-state index in [2.05, 4.69) is 22.0 Å². The summed E-state index contributed by atoms with van der Waals surface area (Å²) in [5.74, 6) is 0. The zero-order valence-electron chi connectivity index (χ0n) is 12.1. The Kier molecular flexibility index (Phi) is 5.01. The van der Waals surface area contributed by atoms with Gasteiger partial charge in [-0.1, -0.05) is 6.42 Å². The molecule has 0 aromatic heterocycles. The second-order valence-corrected chi connectivity index (χ2v) is 7.13. The number of hydrogen-bond acceptors (Lipinski definition) is 4. The van der Waals surface area contributed by atoms with Crippen LogP contribution in [0.25, 0.3) is 0 Å². The van der Waals surface area contributed by atoms with Crippen LogP contribution in [-0.4, -0.2) is 46.5 Å². The normalized spacial score (nSPS) is 20.8. The summed E-state index contributed by atoms with van der Waals surface area (Å²) in [6.45, 7) is 2.06. The molecule has 0 spiro atoms. The zero-order chi connectivity index (χ0) is 14.6. The van der Waals surface area contributed by atoms with Crippen LogP contribution in [0, 0.1) is 0 Å². The summed E-state index contributed by atoms with van der Waals surface area (Å²) in [5, 5.41) is 3.38.